The van der Waals surface area contributed by atoms with Gasteiger partial charge < -0.3 is 4.74 Å². The van der Waals surface area contributed by atoms with Gasteiger partial charge in [-0.15, -0.1) is 0 Å². The molecular weight excluding hydrogens is 351 g/mol. The molecule has 27 heavy (non-hydrogen) atoms. The van der Waals surface area contributed by atoms with Crippen LogP contribution in [0.3, 0.4) is 0 Å². The molecule has 0 radical (unpaired) electrons. The van der Waals surface area contributed by atoms with Crippen molar-refractivity contribution >= 4 is 17.6 Å². The van der Waals surface area contributed by atoms with Gasteiger partial charge >= 0.3 is 5.97 Å². The molecule has 1 amide bonds. The molecule has 2 aliphatic heterocycles. The van der Waals surface area contributed by atoms with E-state index in [1.165, 1.54) is 24.2 Å². The van der Waals surface area contributed by atoms with Gasteiger partial charge in [-0.25, -0.2) is 14.2 Å². The van der Waals surface area contributed by atoms with Gasteiger partial charge in [-0.05, 0) is 37.6 Å². The van der Waals surface area contributed by atoms with Gasteiger partial charge in [0.05, 0.1) is 6.17 Å². The third-order valence-corrected chi connectivity index (χ3v) is 4.93. The summed E-state index contributed by atoms with van der Waals surface area (Å²) < 4.78 is 18.8. The third kappa shape index (κ3) is 5.11. The zero-order valence-electron chi connectivity index (χ0n) is 15.7. The number of amides is 1. The van der Waals surface area contributed by atoms with Crippen molar-refractivity contribution in [1.29, 1.82) is 0 Å². The highest BCUT2D eigenvalue weighted by Gasteiger charge is 2.30. The van der Waals surface area contributed by atoms with Crippen LogP contribution in [0.15, 0.2) is 29.4 Å². The first-order valence-corrected chi connectivity index (χ1v) is 9.15. The number of nitrogens with one attached hydrogen (secondary N) is 1. The summed E-state index contributed by atoms with van der Waals surface area (Å²) >= 11 is 0. The number of benzene rings is 1. The fraction of sp³-hybridized carbons (Fsp3) is 0.526. The summed E-state index contributed by atoms with van der Waals surface area (Å²) in [5, 5.41) is 8.61. The molecule has 0 saturated carbocycles. The molecule has 2 heterocycles. The first kappa shape index (κ1) is 19.4. The normalized spacial score (nSPS) is 23.9. The number of hydrazone groups is 1. The Kier molecular flexibility index (Phi) is 6.18. The number of piperidine rings is 1. The van der Waals surface area contributed by atoms with Crippen molar-refractivity contribution in [1.82, 2.24) is 15.2 Å². The second kappa shape index (κ2) is 8.58. The molecule has 0 bridgehead atoms. The Bertz CT molecular complexity index is 739. The number of carbonyl (C=O) groups is 2. The van der Waals surface area contributed by atoms with E-state index in [-0.39, 0.29) is 30.4 Å². The lowest BCUT2D eigenvalue weighted by molar-refractivity contribution is -0.144. The third-order valence-electron chi connectivity index (χ3n) is 4.93. The zero-order valence-corrected chi connectivity index (χ0v) is 15.7. The molecule has 0 aliphatic carbocycles. The molecule has 1 aromatic rings. The van der Waals surface area contributed by atoms with Crippen molar-refractivity contribution in [3.63, 3.8) is 0 Å². The Morgan fingerprint density at radius 3 is 2.85 bits per heavy atom. The van der Waals surface area contributed by atoms with Crippen molar-refractivity contribution in [3.05, 3.63) is 35.6 Å². The van der Waals surface area contributed by atoms with Gasteiger partial charge in [0, 0.05) is 33.0 Å². The van der Waals surface area contributed by atoms with Crippen molar-refractivity contribution < 1.29 is 18.7 Å². The number of nitrogens with zero attached hydrogens (tertiary/aromatic N) is 3. The summed E-state index contributed by atoms with van der Waals surface area (Å²) in [6, 6.07) is 6.54. The smallest absolute Gasteiger partial charge is 0.354 e. The number of carbonyl (C=O) groups excluding carboxylic acids is 2. The fourth-order valence-electron chi connectivity index (χ4n) is 3.38. The molecule has 2 unspecified atom stereocenters. The molecule has 0 spiro atoms. The fourth-order valence-corrected chi connectivity index (χ4v) is 3.38. The Morgan fingerprint density at radius 2 is 2.15 bits per heavy atom. The van der Waals surface area contributed by atoms with Crippen molar-refractivity contribution in [2.75, 3.05) is 20.6 Å². The summed E-state index contributed by atoms with van der Waals surface area (Å²) in [5.41, 5.74) is 1.19. The van der Waals surface area contributed by atoms with Crippen LogP contribution >= 0.6 is 0 Å². The number of hydrogen-bond donors (Lipinski definition) is 1. The predicted molar refractivity (Wildman–Crippen MR) is 98.2 cm³/mol. The summed E-state index contributed by atoms with van der Waals surface area (Å²) in [6.45, 7) is 1.18. The molecule has 7 nitrogen and oxygen atoms in total. The van der Waals surface area contributed by atoms with Crippen LogP contribution in [0, 0.1) is 5.82 Å². The van der Waals surface area contributed by atoms with Gasteiger partial charge in [0.25, 0.3) is 0 Å². The van der Waals surface area contributed by atoms with Crippen LogP contribution in [-0.4, -0.2) is 60.4 Å². The largest absolute Gasteiger partial charge is 0.456 e. The van der Waals surface area contributed by atoms with E-state index >= 15 is 0 Å². The molecule has 146 valence electrons. The lowest BCUT2D eigenvalue weighted by Crippen LogP contribution is -2.51. The maximum Gasteiger partial charge on any atom is 0.354 e. The molecular formula is C19H25FN4O3. The van der Waals surface area contributed by atoms with Gasteiger partial charge in [-0.1, -0.05) is 12.1 Å². The van der Waals surface area contributed by atoms with Gasteiger partial charge in [0.15, 0.2) is 0 Å². The van der Waals surface area contributed by atoms with E-state index < -0.39 is 5.97 Å². The lowest BCUT2D eigenvalue weighted by Gasteiger charge is -2.37. The minimum Gasteiger partial charge on any atom is -0.456 e. The van der Waals surface area contributed by atoms with Crippen LogP contribution in [0.25, 0.3) is 0 Å². The van der Waals surface area contributed by atoms with Gasteiger partial charge in [-0.2, -0.15) is 5.10 Å². The second-order valence-electron chi connectivity index (χ2n) is 7.03. The minimum atomic E-state index is -0.445. The van der Waals surface area contributed by atoms with Gasteiger partial charge in [0.2, 0.25) is 5.91 Å². The summed E-state index contributed by atoms with van der Waals surface area (Å²) in [4.78, 5) is 25.8. The second-order valence-corrected chi connectivity index (χ2v) is 7.03. The maximum atomic E-state index is 13.3. The first-order valence-electron chi connectivity index (χ1n) is 9.15. The molecule has 2 aliphatic rings. The highest BCUT2D eigenvalue weighted by Crippen LogP contribution is 2.18. The van der Waals surface area contributed by atoms with Gasteiger partial charge in [0.1, 0.15) is 17.6 Å². The van der Waals surface area contributed by atoms with Crippen molar-refractivity contribution in [2.45, 2.75) is 44.5 Å². The monoisotopic (exact) mass is 376 g/mol. The van der Waals surface area contributed by atoms with E-state index in [0.717, 1.165) is 18.4 Å². The molecule has 1 saturated heterocycles. The minimum absolute atomic E-state index is 0.101. The maximum absolute atomic E-state index is 13.3. The van der Waals surface area contributed by atoms with E-state index in [4.69, 9.17) is 4.74 Å². The SMILES string of the molecule is CN1N=C(C(=O)OC2CCC(NCc3cccc(F)c3)N(C)C2)CCC1=O. The standard InChI is InChI=1S/C19H25FN4O3/c1-23-12-15(27-19(26)16-7-9-18(25)24(2)22-16)6-8-17(23)21-11-13-4-3-5-14(20)10-13/h3-5,10,15,17,21H,6-9,11-12H2,1-2H3. The Balaban J connectivity index is 1.47. The van der Waals surface area contributed by atoms with Crippen molar-refractivity contribution in [2.24, 2.45) is 5.10 Å². The predicted octanol–water partition coefficient (Wildman–Crippen LogP) is 1.49. The van der Waals surface area contributed by atoms with Crippen molar-refractivity contribution in [3.8, 4) is 0 Å². The summed E-state index contributed by atoms with van der Waals surface area (Å²) in [5.74, 6) is -0.786. The number of halogens is 1. The van der Waals surface area contributed by atoms with E-state index in [0.29, 0.717) is 25.2 Å². The van der Waals surface area contributed by atoms with Crippen LogP contribution in [0.4, 0.5) is 4.39 Å². The van der Waals surface area contributed by atoms with Crippen LogP contribution in [0.1, 0.15) is 31.2 Å². The summed E-state index contributed by atoms with van der Waals surface area (Å²) in [7, 11) is 3.51. The Hall–Kier alpha value is -2.32. The average Bonchev–Trinajstić information content (AvgIpc) is 2.63. The van der Waals surface area contributed by atoms with Gasteiger partial charge in [-0.3, -0.25) is 15.0 Å². The molecule has 2 atom stereocenters. The number of ether oxygens (including phenoxy) is 1. The molecule has 8 heteroatoms. The number of esters is 1. The molecule has 1 aromatic carbocycles. The number of rotatable bonds is 5. The lowest BCUT2D eigenvalue weighted by atomic mass is 10.1. The zero-order chi connectivity index (χ0) is 19.4. The molecule has 3 rings (SSSR count). The van der Waals surface area contributed by atoms with E-state index in [1.54, 1.807) is 6.07 Å². The topological polar surface area (TPSA) is 74.2 Å². The Labute approximate surface area is 158 Å². The average molecular weight is 376 g/mol. The number of likely N-dealkylation sites (N-methyl/N-ethyl adjacent to an activating group) is 1. The van der Waals surface area contributed by atoms with E-state index in [1.807, 2.05) is 13.1 Å². The molecule has 1 N–H and O–H groups in total. The first-order chi connectivity index (χ1) is 12.9. The molecule has 1 fully saturated rings. The highest BCUT2D eigenvalue weighted by molar-refractivity contribution is 6.37. The van der Waals surface area contributed by atoms with E-state index in [9.17, 15) is 14.0 Å². The van der Waals surface area contributed by atoms with E-state index in [2.05, 4.69) is 15.3 Å². The summed E-state index contributed by atoms with van der Waals surface area (Å²) in [6.07, 6.45) is 2.08. The van der Waals surface area contributed by atoms with Crippen LogP contribution in [0.2, 0.25) is 0 Å². The quantitative estimate of drug-likeness (QED) is 0.788. The number of hydrogen-bond acceptors (Lipinski definition) is 6. The number of likely N-dealkylation sites (tertiary alicyclic amines) is 1. The van der Waals surface area contributed by atoms with Crippen LogP contribution in [0.5, 0.6) is 0 Å². The molecule has 0 aromatic heterocycles. The Morgan fingerprint density at radius 1 is 1.33 bits per heavy atom. The van der Waals surface area contributed by atoms with Crippen LogP contribution < -0.4 is 5.32 Å². The highest BCUT2D eigenvalue weighted by atomic mass is 19.1. The van der Waals surface area contributed by atoms with Crippen LogP contribution in [-0.2, 0) is 20.9 Å².